The maximum atomic E-state index is 11.1. The van der Waals surface area contributed by atoms with Crippen LogP contribution in [0.2, 0.25) is 0 Å². The normalized spacial score (nSPS) is 16.9. The molecule has 26 heavy (non-hydrogen) atoms. The minimum absolute atomic E-state index is 0.0550. The molecule has 1 aliphatic heterocycles. The Bertz CT molecular complexity index is 868. The van der Waals surface area contributed by atoms with Crippen molar-refractivity contribution >= 4 is 32.8 Å². The van der Waals surface area contributed by atoms with E-state index in [4.69, 9.17) is 9.84 Å². The summed E-state index contributed by atoms with van der Waals surface area (Å²) in [6.45, 7) is 7.41. The highest BCUT2D eigenvalue weighted by molar-refractivity contribution is 9.11. The number of aromatic carboxylic acids is 1. The molecule has 0 bridgehead atoms. The molecule has 1 aromatic heterocycles. The van der Waals surface area contributed by atoms with Crippen LogP contribution in [0.15, 0.2) is 46.6 Å². The van der Waals surface area contributed by atoms with Crippen molar-refractivity contribution in [3.63, 3.8) is 0 Å². The Labute approximate surface area is 160 Å². The maximum absolute atomic E-state index is 11.1. The second kappa shape index (κ2) is 8.16. The molecule has 138 valence electrons. The monoisotopic (exact) mass is 419 g/mol. The number of aromatic nitrogens is 2. The third-order valence-corrected chi connectivity index (χ3v) is 5.08. The number of hydrogen-bond donors (Lipinski definition) is 1. The van der Waals surface area contributed by atoms with Crippen molar-refractivity contribution in [3.05, 3.63) is 52.2 Å². The number of carboxylic acids is 1. The summed E-state index contributed by atoms with van der Waals surface area (Å²) < 4.78 is 8.84. The van der Waals surface area contributed by atoms with E-state index in [9.17, 15) is 4.79 Å². The van der Waals surface area contributed by atoms with E-state index in [1.165, 1.54) is 0 Å². The Morgan fingerprint density at radius 2 is 2.23 bits per heavy atom. The smallest absolute Gasteiger partial charge is 0.335 e. The Morgan fingerprint density at radius 1 is 1.46 bits per heavy atom. The van der Waals surface area contributed by atoms with Gasteiger partial charge in [0.15, 0.2) is 0 Å². The van der Waals surface area contributed by atoms with Crippen LogP contribution in [0, 0.1) is 0 Å². The van der Waals surface area contributed by atoms with E-state index in [0.29, 0.717) is 13.3 Å². The van der Waals surface area contributed by atoms with Crippen LogP contribution >= 0.6 is 15.9 Å². The van der Waals surface area contributed by atoms with Gasteiger partial charge in [-0.1, -0.05) is 22.0 Å². The van der Waals surface area contributed by atoms with Gasteiger partial charge in [0.05, 0.1) is 36.7 Å². The minimum atomic E-state index is -0.936. The fraction of sp³-hybridized carbons (Fsp3) is 0.368. The van der Waals surface area contributed by atoms with Crippen molar-refractivity contribution in [2.75, 3.05) is 19.8 Å². The Hall–Kier alpha value is -1.96. The van der Waals surface area contributed by atoms with Crippen LogP contribution in [0.5, 0.6) is 0 Å². The molecule has 1 fully saturated rings. The molecule has 0 radical (unpaired) electrons. The summed E-state index contributed by atoms with van der Waals surface area (Å²) in [5.74, 6) is -0.936. The molecule has 0 saturated carbocycles. The minimum Gasteiger partial charge on any atom is -0.478 e. The van der Waals surface area contributed by atoms with Crippen LogP contribution in [0.1, 0.15) is 24.2 Å². The molecule has 1 N–H and O–H groups in total. The molecular formula is C19H22BrN3O3. The summed E-state index contributed by atoms with van der Waals surface area (Å²) in [6, 6.07) is 5.05. The molecule has 1 aliphatic rings. The number of carbonyl (C=O) groups is 1. The third kappa shape index (κ3) is 4.60. The third-order valence-electron chi connectivity index (χ3n) is 4.39. The van der Waals surface area contributed by atoms with E-state index in [1.54, 1.807) is 24.4 Å². The van der Waals surface area contributed by atoms with Crippen LogP contribution < -0.4 is 0 Å². The lowest BCUT2D eigenvalue weighted by Crippen LogP contribution is -2.20. The Balaban J connectivity index is 1.84. The number of rotatable bonds is 8. The van der Waals surface area contributed by atoms with E-state index in [0.717, 1.165) is 34.0 Å². The number of hydrogen-bond acceptors (Lipinski definition) is 4. The van der Waals surface area contributed by atoms with Gasteiger partial charge in [0.2, 0.25) is 0 Å². The Kier molecular flexibility index (Phi) is 5.90. The molecule has 3 rings (SSSR count). The fourth-order valence-corrected chi connectivity index (χ4v) is 2.89. The van der Waals surface area contributed by atoms with Crippen molar-refractivity contribution < 1.29 is 14.6 Å². The lowest BCUT2D eigenvalue weighted by molar-refractivity contribution is 0.0432. The molecule has 2 heterocycles. The number of fused-ring (bicyclic) bond motifs is 1. The summed E-state index contributed by atoms with van der Waals surface area (Å²) in [5, 5.41) is 14.4. The molecule has 7 heteroatoms. The molecule has 2 aromatic rings. The van der Waals surface area contributed by atoms with Gasteiger partial charge in [0.1, 0.15) is 0 Å². The number of benzene rings is 1. The first kappa shape index (κ1) is 18.8. The lowest BCUT2D eigenvalue weighted by Gasteiger charge is -2.18. The summed E-state index contributed by atoms with van der Waals surface area (Å²) in [5.41, 5.74) is 2.25. The van der Waals surface area contributed by atoms with Gasteiger partial charge >= 0.3 is 5.97 Å². The first-order chi connectivity index (χ1) is 12.5. The topological polar surface area (TPSA) is 67.4 Å². The molecule has 6 nitrogen and oxygen atoms in total. The average molecular weight is 420 g/mol. The van der Waals surface area contributed by atoms with Gasteiger partial charge in [0, 0.05) is 23.0 Å². The SMILES string of the molecule is C/C=C(Br)\C=C(\Cn1ncc2cc(C(=O)O)ccc21)C(C)OCN1CC1. The number of allylic oxidation sites excluding steroid dienone is 3. The van der Waals surface area contributed by atoms with Crippen molar-refractivity contribution in [1.29, 1.82) is 0 Å². The molecule has 0 amide bonds. The maximum Gasteiger partial charge on any atom is 0.335 e. The number of carboxylic acid groups (broad SMARTS) is 1. The van der Waals surface area contributed by atoms with Crippen LogP contribution in [0.4, 0.5) is 0 Å². The zero-order valence-corrected chi connectivity index (χ0v) is 16.4. The van der Waals surface area contributed by atoms with Crippen molar-refractivity contribution in [1.82, 2.24) is 14.7 Å². The van der Waals surface area contributed by atoms with Crippen LogP contribution in [-0.4, -0.2) is 51.7 Å². The average Bonchev–Trinajstić information content (AvgIpc) is 3.38. The van der Waals surface area contributed by atoms with Crippen molar-refractivity contribution in [3.8, 4) is 0 Å². The standard InChI is InChI=1S/C19H22BrN3O3/c1-3-17(20)9-16(13(2)26-12-22-6-7-22)11-23-18-5-4-14(19(24)25)8-15(18)10-21-23/h3-5,8-10,13H,6-7,11-12H2,1-2H3,(H,24,25)/b16-9-,17-3+. The van der Waals surface area contributed by atoms with Gasteiger partial charge in [-0.2, -0.15) is 5.10 Å². The van der Waals surface area contributed by atoms with E-state index >= 15 is 0 Å². The van der Waals surface area contributed by atoms with Crippen LogP contribution in [0.25, 0.3) is 10.9 Å². The highest BCUT2D eigenvalue weighted by atomic mass is 79.9. The van der Waals surface area contributed by atoms with Gasteiger partial charge in [-0.05, 0) is 43.7 Å². The van der Waals surface area contributed by atoms with Crippen LogP contribution in [0.3, 0.4) is 0 Å². The van der Waals surface area contributed by atoms with Crippen molar-refractivity contribution in [2.45, 2.75) is 26.5 Å². The van der Waals surface area contributed by atoms with Crippen molar-refractivity contribution in [2.24, 2.45) is 0 Å². The number of halogens is 1. The molecule has 1 unspecified atom stereocenters. The summed E-state index contributed by atoms with van der Waals surface area (Å²) in [7, 11) is 0. The second-order valence-corrected chi connectivity index (χ2v) is 7.25. The van der Waals surface area contributed by atoms with Gasteiger partial charge in [-0.25, -0.2) is 4.79 Å². The zero-order chi connectivity index (χ0) is 18.7. The van der Waals surface area contributed by atoms with E-state index in [2.05, 4.69) is 32.0 Å². The van der Waals surface area contributed by atoms with Gasteiger partial charge in [-0.15, -0.1) is 0 Å². The molecule has 0 spiro atoms. The molecule has 1 saturated heterocycles. The van der Waals surface area contributed by atoms with E-state index < -0.39 is 5.97 Å². The molecule has 0 aliphatic carbocycles. The predicted molar refractivity (Wildman–Crippen MR) is 104 cm³/mol. The van der Waals surface area contributed by atoms with Gasteiger partial charge < -0.3 is 9.84 Å². The first-order valence-electron chi connectivity index (χ1n) is 8.53. The van der Waals surface area contributed by atoms with Crippen LogP contribution in [-0.2, 0) is 11.3 Å². The Morgan fingerprint density at radius 3 is 2.88 bits per heavy atom. The van der Waals surface area contributed by atoms with E-state index in [-0.39, 0.29) is 11.7 Å². The highest BCUT2D eigenvalue weighted by Gasteiger charge is 2.20. The predicted octanol–water partition coefficient (Wildman–Crippen LogP) is 3.64. The molecule has 1 aromatic carbocycles. The fourth-order valence-electron chi connectivity index (χ4n) is 2.60. The first-order valence-corrected chi connectivity index (χ1v) is 9.32. The largest absolute Gasteiger partial charge is 0.478 e. The van der Waals surface area contributed by atoms with Gasteiger partial charge in [0.25, 0.3) is 0 Å². The number of nitrogens with zero attached hydrogens (tertiary/aromatic N) is 3. The zero-order valence-electron chi connectivity index (χ0n) is 14.9. The quantitative estimate of drug-likeness (QED) is 0.522. The number of ether oxygens (including phenoxy) is 1. The van der Waals surface area contributed by atoms with E-state index in [1.807, 2.05) is 24.6 Å². The summed E-state index contributed by atoms with van der Waals surface area (Å²) in [6.07, 6.45) is 5.69. The summed E-state index contributed by atoms with van der Waals surface area (Å²) >= 11 is 3.54. The van der Waals surface area contributed by atoms with Gasteiger partial charge in [-0.3, -0.25) is 9.58 Å². The second-order valence-electron chi connectivity index (χ2n) is 6.33. The highest BCUT2D eigenvalue weighted by Crippen LogP contribution is 2.21. The summed E-state index contributed by atoms with van der Waals surface area (Å²) in [4.78, 5) is 13.4. The lowest BCUT2D eigenvalue weighted by atomic mass is 10.1. The molecular weight excluding hydrogens is 398 g/mol. The molecule has 1 atom stereocenters.